The van der Waals surface area contributed by atoms with Gasteiger partial charge < -0.3 is 10.2 Å². The highest BCUT2D eigenvalue weighted by Gasteiger charge is 2.35. The summed E-state index contributed by atoms with van der Waals surface area (Å²) in [4.78, 5) is 22.0. The lowest BCUT2D eigenvalue weighted by molar-refractivity contribution is -0.154. The first-order valence-corrected chi connectivity index (χ1v) is 7.78. The minimum atomic E-state index is -1.49. The van der Waals surface area contributed by atoms with Crippen LogP contribution in [0.2, 0.25) is 0 Å². The first-order chi connectivity index (χ1) is 10.4. The lowest BCUT2D eigenvalue weighted by Gasteiger charge is -2.27. The molecule has 1 rings (SSSR count). The maximum absolute atomic E-state index is 11.0. The van der Waals surface area contributed by atoms with Gasteiger partial charge in [-0.3, -0.25) is 9.59 Å². The molecule has 0 aliphatic carbocycles. The standard InChI is InChI=1S/C16H18BrNO4/c1-2-8-16(10-18,11-3-5-12(17)6-4-11)9-7-13(14(19)20)15(21)22/h3-6,13H,2,7-9H2,1H3,(H,19,20)(H,21,22). The van der Waals surface area contributed by atoms with Crippen molar-refractivity contribution in [1.82, 2.24) is 0 Å². The zero-order valence-corrected chi connectivity index (χ0v) is 13.8. The zero-order chi connectivity index (χ0) is 16.8. The van der Waals surface area contributed by atoms with Gasteiger partial charge in [-0.15, -0.1) is 0 Å². The summed E-state index contributed by atoms with van der Waals surface area (Å²) >= 11 is 3.34. The average molecular weight is 368 g/mol. The van der Waals surface area contributed by atoms with Crippen LogP contribution in [0, 0.1) is 17.2 Å². The van der Waals surface area contributed by atoms with Gasteiger partial charge in [0.2, 0.25) is 0 Å². The number of benzene rings is 1. The molecule has 0 radical (unpaired) electrons. The van der Waals surface area contributed by atoms with Gasteiger partial charge in [-0.2, -0.15) is 5.26 Å². The fourth-order valence-electron chi connectivity index (χ4n) is 2.53. The number of hydrogen-bond donors (Lipinski definition) is 2. The van der Waals surface area contributed by atoms with Crippen LogP contribution >= 0.6 is 15.9 Å². The third-order valence-electron chi connectivity index (χ3n) is 3.74. The van der Waals surface area contributed by atoms with E-state index >= 15 is 0 Å². The van der Waals surface area contributed by atoms with Crippen LogP contribution in [0.1, 0.15) is 38.2 Å². The molecule has 0 saturated heterocycles. The molecule has 5 nitrogen and oxygen atoms in total. The Morgan fingerprint density at radius 2 is 1.77 bits per heavy atom. The predicted octanol–water partition coefficient (Wildman–Crippen LogP) is 3.58. The van der Waals surface area contributed by atoms with Crippen molar-refractivity contribution < 1.29 is 19.8 Å². The van der Waals surface area contributed by atoms with E-state index in [-0.39, 0.29) is 12.8 Å². The first kappa shape index (κ1) is 18.2. The summed E-state index contributed by atoms with van der Waals surface area (Å²) < 4.78 is 0.883. The Kier molecular flexibility index (Phi) is 6.57. The number of rotatable bonds is 8. The summed E-state index contributed by atoms with van der Waals surface area (Å²) in [7, 11) is 0. The lowest BCUT2D eigenvalue weighted by atomic mass is 9.73. The predicted molar refractivity (Wildman–Crippen MR) is 84.3 cm³/mol. The molecule has 0 fully saturated rings. The molecule has 1 aromatic rings. The smallest absolute Gasteiger partial charge is 0.317 e. The molecule has 0 aliphatic heterocycles. The highest BCUT2D eigenvalue weighted by Crippen LogP contribution is 2.35. The topological polar surface area (TPSA) is 98.4 Å². The quantitative estimate of drug-likeness (QED) is 0.684. The van der Waals surface area contributed by atoms with Crippen LogP contribution in [-0.2, 0) is 15.0 Å². The van der Waals surface area contributed by atoms with E-state index in [0.717, 1.165) is 16.5 Å². The molecule has 0 spiro atoms. The molecule has 0 saturated carbocycles. The van der Waals surface area contributed by atoms with E-state index in [1.807, 2.05) is 31.2 Å². The second kappa shape index (κ2) is 7.95. The van der Waals surface area contributed by atoms with Crippen LogP contribution in [-0.4, -0.2) is 22.2 Å². The number of nitrogens with zero attached hydrogens (tertiary/aromatic N) is 1. The maximum Gasteiger partial charge on any atom is 0.317 e. The average Bonchev–Trinajstić information content (AvgIpc) is 2.46. The lowest BCUT2D eigenvalue weighted by Crippen LogP contribution is -2.29. The molecule has 0 aromatic heterocycles. The maximum atomic E-state index is 11.0. The number of carboxylic acids is 2. The Balaban J connectivity index is 3.07. The molecule has 1 unspecified atom stereocenters. The van der Waals surface area contributed by atoms with Gasteiger partial charge in [-0.25, -0.2) is 0 Å². The molecule has 0 heterocycles. The van der Waals surface area contributed by atoms with E-state index in [2.05, 4.69) is 22.0 Å². The molecule has 2 N–H and O–H groups in total. The van der Waals surface area contributed by atoms with Crippen molar-refractivity contribution in [3.63, 3.8) is 0 Å². The molecule has 0 aliphatic rings. The minimum absolute atomic E-state index is 0.0751. The van der Waals surface area contributed by atoms with E-state index in [1.165, 1.54) is 0 Å². The van der Waals surface area contributed by atoms with Gasteiger partial charge in [0.25, 0.3) is 0 Å². The van der Waals surface area contributed by atoms with Gasteiger partial charge in [0, 0.05) is 4.47 Å². The van der Waals surface area contributed by atoms with E-state index in [4.69, 9.17) is 10.2 Å². The minimum Gasteiger partial charge on any atom is -0.481 e. The van der Waals surface area contributed by atoms with Gasteiger partial charge >= 0.3 is 11.9 Å². The summed E-state index contributed by atoms with van der Waals surface area (Å²) in [6, 6.07) is 9.57. The number of carbonyl (C=O) groups is 2. The number of aliphatic carboxylic acids is 2. The van der Waals surface area contributed by atoms with E-state index in [1.54, 1.807) is 0 Å². The monoisotopic (exact) mass is 367 g/mol. The van der Waals surface area contributed by atoms with Crippen molar-refractivity contribution >= 4 is 27.9 Å². The van der Waals surface area contributed by atoms with Gasteiger partial charge in [0.05, 0.1) is 11.5 Å². The number of halogens is 1. The molecule has 0 amide bonds. The molecular weight excluding hydrogens is 350 g/mol. The van der Waals surface area contributed by atoms with Crippen molar-refractivity contribution in [3.8, 4) is 6.07 Å². The normalized spacial score (nSPS) is 13.4. The van der Waals surface area contributed by atoms with Gasteiger partial charge in [0.1, 0.15) is 0 Å². The summed E-state index contributed by atoms with van der Waals surface area (Å²) in [5, 5.41) is 27.6. The Morgan fingerprint density at radius 3 is 2.18 bits per heavy atom. The molecule has 1 atom stereocenters. The second-order valence-electron chi connectivity index (χ2n) is 5.22. The number of hydrogen-bond acceptors (Lipinski definition) is 3. The van der Waals surface area contributed by atoms with Crippen LogP contribution in [0.4, 0.5) is 0 Å². The summed E-state index contributed by atoms with van der Waals surface area (Å²) in [5.74, 6) is -4.22. The summed E-state index contributed by atoms with van der Waals surface area (Å²) in [5.41, 5.74) is -0.0759. The molecule has 0 bridgehead atoms. The van der Waals surface area contributed by atoms with Gasteiger partial charge in [-0.05, 0) is 37.0 Å². The van der Waals surface area contributed by atoms with Crippen LogP contribution in [0.3, 0.4) is 0 Å². The Labute approximate surface area is 137 Å². The van der Waals surface area contributed by atoms with E-state index < -0.39 is 23.3 Å². The van der Waals surface area contributed by atoms with Crippen LogP contribution in [0.5, 0.6) is 0 Å². The number of carboxylic acid groups (broad SMARTS) is 2. The van der Waals surface area contributed by atoms with Crippen LogP contribution < -0.4 is 0 Å². The van der Waals surface area contributed by atoms with Crippen molar-refractivity contribution in [2.24, 2.45) is 5.92 Å². The van der Waals surface area contributed by atoms with E-state index in [0.29, 0.717) is 6.42 Å². The van der Waals surface area contributed by atoms with Crippen LogP contribution in [0.25, 0.3) is 0 Å². The third kappa shape index (κ3) is 4.31. The largest absolute Gasteiger partial charge is 0.481 e. The summed E-state index contributed by atoms with van der Waals surface area (Å²) in [6.07, 6.45) is 1.42. The van der Waals surface area contributed by atoms with E-state index in [9.17, 15) is 14.9 Å². The van der Waals surface area contributed by atoms with Crippen molar-refractivity contribution in [2.75, 3.05) is 0 Å². The highest BCUT2D eigenvalue weighted by molar-refractivity contribution is 9.10. The van der Waals surface area contributed by atoms with Gasteiger partial charge in [-0.1, -0.05) is 41.4 Å². The molecule has 1 aromatic carbocycles. The third-order valence-corrected chi connectivity index (χ3v) is 4.27. The zero-order valence-electron chi connectivity index (χ0n) is 12.3. The summed E-state index contributed by atoms with van der Waals surface area (Å²) in [6.45, 7) is 1.94. The first-order valence-electron chi connectivity index (χ1n) is 6.99. The van der Waals surface area contributed by atoms with Crippen molar-refractivity contribution in [2.45, 2.75) is 38.0 Å². The Bertz CT molecular complexity index is 565. The fourth-order valence-corrected chi connectivity index (χ4v) is 2.79. The van der Waals surface area contributed by atoms with Crippen molar-refractivity contribution in [3.05, 3.63) is 34.3 Å². The molecule has 6 heteroatoms. The second-order valence-corrected chi connectivity index (χ2v) is 6.13. The molecule has 118 valence electrons. The highest BCUT2D eigenvalue weighted by atomic mass is 79.9. The number of nitriles is 1. The van der Waals surface area contributed by atoms with Crippen LogP contribution in [0.15, 0.2) is 28.7 Å². The molecule has 22 heavy (non-hydrogen) atoms. The molecular formula is C16H18BrNO4. The van der Waals surface area contributed by atoms with Gasteiger partial charge in [0.15, 0.2) is 5.92 Å². The fraction of sp³-hybridized carbons (Fsp3) is 0.438. The van der Waals surface area contributed by atoms with Crippen molar-refractivity contribution in [1.29, 1.82) is 5.26 Å². The SMILES string of the molecule is CCCC(C#N)(CCC(C(=O)O)C(=O)O)c1ccc(Br)cc1. The Morgan fingerprint density at radius 1 is 1.23 bits per heavy atom. The Hall–Kier alpha value is -1.87.